The molecule has 4 aliphatic carbocycles. The molecule has 1 aromatic rings. The van der Waals surface area contributed by atoms with Crippen molar-refractivity contribution in [1.29, 1.82) is 0 Å². The van der Waals surface area contributed by atoms with E-state index in [1.165, 1.54) is 24.8 Å². The Balaban J connectivity index is 1.19. The fraction of sp³-hybridized carbons (Fsp3) is 0.647. The zero-order valence-electron chi connectivity index (χ0n) is 25.5. The number of allylic oxidation sites excluding steroid dienone is 2. The second-order valence-corrected chi connectivity index (χ2v) is 13.4. The fourth-order valence-corrected chi connectivity index (χ4v) is 9.02. The van der Waals surface area contributed by atoms with E-state index in [2.05, 4.69) is 30.4 Å². The van der Waals surface area contributed by atoms with Crippen molar-refractivity contribution in [2.24, 2.45) is 39.7 Å². The molecule has 0 aromatic heterocycles. The molecule has 228 valence electrons. The Morgan fingerprint density at radius 2 is 1.81 bits per heavy atom. The summed E-state index contributed by atoms with van der Waals surface area (Å²) in [4.78, 5) is 43.1. The summed E-state index contributed by atoms with van der Waals surface area (Å²) in [5, 5.41) is 16.6. The third-order valence-corrected chi connectivity index (χ3v) is 11.1. The quantitative estimate of drug-likeness (QED) is 0.295. The first-order valence-corrected chi connectivity index (χ1v) is 15.7. The van der Waals surface area contributed by atoms with Crippen molar-refractivity contribution in [2.75, 3.05) is 13.2 Å². The number of ketones is 1. The summed E-state index contributed by atoms with van der Waals surface area (Å²) in [5.74, 6) is 1.74. The lowest BCUT2D eigenvalue weighted by molar-refractivity contribution is -0.147. The summed E-state index contributed by atoms with van der Waals surface area (Å²) >= 11 is 0. The highest BCUT2D eigenvalue weighted by Crippen LogP contribution is 2.66. The van der Waals surface area contributed by atoms with Crippen molar-refractivity contribution in [3.63, 3.8) is 0 Å². The van der Waals surface area contributed by atoms with Crippen LogP contribution in [0.25, 0.3) is 0 Å². The van der Waals surface area contributed by atoms with Crippen LogP contribution in [0.15, 0.2) is 41.1 Å². The zero-order valence-corrected chi connectivity index (χ0v) is 25.5. The van der Waals surface area contributed by atoms with Crippen LogP contribution < -0.4 is 5.32 Å². The standard InChI is InChI=1S/C34H46N2O6/c1-5-41-32(40)30(18-22-6-9-25(38)10-7-22)35-31(39)20-42-36-24-14-16-33(3)23(19-24)8-11-26-28-13-12-27(21(2)37)34(28,4)17-15-29(26)33/h6-7,9-10,19,26-30,38H,5,8,11-18,20H2,1-4H3,(H,35,39)/t26-,27-,28+,29+,30+,33+,34-/m1/s1. The normalized spacial score (nSPS) is 33.4. The van der Waals surface area contributed by atoms with Gasteiger partial charge in [-0.05, 0) is 118 Å². The molecular formula is C34H46N2O6. The number of oxime groups is 1. The van der Waals surface area contributed by atoms with E-state index in [1.54, 1.807) is 38.1 Å². The van der Waals surface area contributed by atoms with E-state index in [4.69, 9.17) is 9.57 Å². The second-order valence-electron chi connectivity index (χ2n) is 13.4. The summed E-state index contributed by atoms with van der Waals surface area (Å²) in [7, 11) is 0. The van der Waals surface area contributed by atoms with E-state index in [0.29, 0.717) is 23.5 Å². The van der Waals surface area contributed by atoms with Gasteiger partial charge in [-0.3, -0.25) is 9.59 Å². The SMILES string of the molecule is CCOC(=O)[C@H](Cc1ccc(O)cc1)NC(=O)CON=C1C=C2CC[C@@H]3[C@@H]4CC[C@H](C(C)=O)[C@@]4(C)CC[C@@H]3[C@@]2(C)CC1. The number of carbonyl (C=O) groups excluding carboxylic acids is 3. The highest BCUT2D eigenvalue weighted by atomic mass is 16.6. The highest BCUT2D eigenvalue weighted by Gasteiger charge is 2.59. The molecule has 8 heteroatoms. The first-order valence-electron chi connectivity index (χ1n) is 15.7. The number of rotatable bonds is 9. The van der Waals surface area contributed by atoms with Crippen LogP contribution in [-0.2, 0) is 30.4 Å². The topological polar surface area (TPSA) is 114 Å². The Morgan fingerprint density at radius 1 is 1.05 bits per heavy atom. The molecule has 0 saturated heterocycles. The van der Waals surface area contributed by atoms with Gasteiger partial charge in [-0.2, -0.15) is 0 Å². The maximum absolute atomic E-state index is 12.7. The van der Waals surface area contributed by atoms with E-state index in [0.717, 1.165) is 43.4 Å². The molecule has 0 aliphatic heterocycles. The largest absolute Gasteiger partial charge is 0.508 e. The van der Waals surface area contributed by atoms with Crippen molar-refractivity contribution < 1.29 is 29.1 Å². The van der Waals surface area contributed by atoms with E-state index in [9.17, 15) is 19.5 Å². The number of fused-ring (bicyclic) bond motifs is 5. The van der Waals surface area contributed by atoms with E-state index < -0.39 is 17.9 Å². The molecule has 8 nitrogen and oxygen atoms in total. The fourth-order valence-electron chi connectivity index (χ4n) is 9.02. The Kier molecular flexibility index (Phi) is 8.81. The van der Waals surface area contributed by atoms with Crippen LogP contribution in [0.5, 0.6) is 5.75 Å². The number of hydrogen-bond acceptors (Lipinski definition) is 7. The van der Waals surface area contributed by atoms with Gasteiger partial charge in [-0.1, -0.05) is 36.7 Å². The van der Waals surface area contributed by atoms with E-state index in [-0.39, 0.29) is 42.1 Å². The number of esters is 1. The summed E-state index contributed by atoms with van der Waals surface area (Å²) in [6.07, 6.45) is 11.0. The number of amides is 1. The number of nitrogens with zero attached hydrogens (tertiary/aromatic N) is 1. The first-order chi connectivity index (χ1) is 20.0. The number of Topliss-reactive ketones (excluding diaryl/α,β-unsaturated/α-hetero) is 1. The Hall–Kier alpha value is -3.16. The highest BCUT2D eigenvalue weighted by molar-refractivity contribution is 5.96. The third-order valence-electron chi connectivity index (χ3n) is 11.1. The molecule has 1 aromatic carbocycles. The van der Waals surface area contributed by atoms with Gasteiger partial charge >= 0.3 is 5.97 Å². The second kappa shape index (κ2) is 12.2. The minimum Gasteiger partial charge on any atom is -0.508 e. The molecule has 0 unspecified atom stereocenters. The average Bonchev–Trinajstić information content (AvgIpc) is 3.31. The number of phenols is 1. The van der Waals surface area contributed by atoms with Gasteiger partial charge in [0.05, 0.1) is 12.3 Å². The molecular weight excluding hydrogens is 532 g/mol. The Labute approximate surface area is 249 Å². The molecule has 3 fully saturated rings. The van der Waals surface area contributed by atoms with Crippen molar-refractivity contribution in [3.05, 3.63) is 41.5 Å². The molecule has 1 amide bonds. The lowest BCUT2D eigenvalue weighted by Crippen LogP contribution is -2.51. The molecule has 0 heterocycles. The van der Waals surface area contributed by atoms with E-state index in [1.807, 2.05) is 0 Å². The molecule has 2 N–H and O–H groups in total. The molecule has 0 spiro atoms. The number of ether oxygens (including phenoxy) is 1. The maximum atomic E-state index is 12.7. The first kappa shape index (κ1) is 30.3. The lowest BCUT2D eigenvalue weighted by atomic mass is 9.46. The number of nitrogens with one attached hydrogen (secondary N) is 1. The molecule has 4 aliphatic rings. The number of benzene rings is 1. The third kappa shape index (κ3) is 5.86. The predicted molar refractivity (Wildman–Crippen MR) is 160 cm³/mol. The summed E-state index contributed by atoms with van der Waals surface area (Å²) in [6.45, 7) is 8.25. The van der Waals surface area contributed by atoms with Crippen molar-refractivity contribution >= 4 is 23.4 Å². The summed E-state index contributed by atoms with van der Waals surface area (Å²) < 4.78 is 5.15. The summed E-state index contributed by atoms with van der Waals surface area (Å²) in [6, 6.07) is 5.62. The zero-order chi connectivity index (χ0) is 30.1. The van der Waals surface area contributed by atoms with Gasteiger partial charge in [-0.25, -0.2) is 4.79 Å². The van der Waals surface area contributed by atoms with Crippen molar-refractivity contribution in [1.82, 2.24) is 5.32 Å². The molecule has 5 rings (SSSR count). The van der Waals surface area contributed by atoms with Crippen LogP contribution in [0.4, 0.5) is 0 Å². The minimum atomic E-state index is -0.867. The van der Waals surface area contributed by atoms with Gasteiger partial charge < -0.3 is 20.0 Å². The summed E-state index contributed by atoms with van der Waals surface area (Å²) in [5.41, 5.74) is 3.40. The molecule has 42 heavy (non-hydrogen) atoms. The van der Waals surface area contributed by atoms with Crippen molar-refractivity contribution in [2.45, 2.75) is 91.5 Å². The van der Waals surface area contributed by atoms with Crippen LogP contribution in [-0.4, -0.2) is 47.7 Å². The monoisotopic (exact) mass is 578 g/mol. The number of aromatic hydroxyl groups is 1. The molecule has 3 saturated carbocycles. The molecule has 0 bridgehead atoms. The van der Waals surface area contributed by atoms with Gasteiger partial charge in [0, 0.05) is 12.3 Å². The van der Waals surface area contributed by atoms with E-state index >= 15 is 0 Å². The maximum Gasteiger partial charge on any atom is 0.328 e. The number of phenolic OH excluding ortho intramolecular Hbond substituents is 1. The van der Waals surface area contributed by atoms with Gasteiger partial charge in [-0.15, -0.1) is 0 Å². The van der Waals surface area contributed by atoms with Gasteiger partial charge in [0.15, 0.2) is 6.61 Å². The minimum absolute atomic E-state index is 0.132. The average molecular weight is 579 g/mol. The smallest absolute Gasteiger partial charge is 0.328 e. The number of carbonyl (C=O) groups is 3. The van der Waals surface area contributed by atoms with Gasteiger partial charge in [0.1, 0.15) is 17.6 Å². The predicted octanol–water partition coefficient (Wildman–Crippen LogP) is 5.52. The lowest BCUT2D eigenvalue weighted by Gasteiger charge is -2.58. The Morgan fingerprint density at radius 3 is 2.52 bits per heavy atom. The number of hydrogen-bond donors (Lipinski definition) is 2. The van der Waals surface area contributed by atoms with Gasteiger partial charge in [0.2, 0.25) is 0 Å². The molecule has 7 atom stereocenters. The van der Waals surface area contributed by atoms with Crippen LogP contribution in [0.1, 0.15) is 84.6 Å². The van der Waals surface area contributed by atoms with Crippen LogP contribution in [0.2, 0.25) is 0 Å². The van der Waals surface area contributed by atoms with Crippen LogP contribution >= 0.6 is 0 Å². The van der Waals surface area contributed by atoms with Crippen LogP contribution in [0.3, 0.4) is 0 Å². The Bertz CT molecular complexity index is 1250. The molecule has 0 radical (unpaired) electrons. The van der Waals surface area contributed by atoms with Gasteiger partial charge in [0.25, 0.3) is 5.91 Å². The van der Waals surface area contributed by atoms with Crippen LogP contribution in [0, 0.1) is 34.5 Å². The van der Waals surface area contributed by atoms with Crippen molar-refractivity contribution in [3.8, 4) is 5.75 Å².